The average molecular weight is 371 g/mol. The Hall–Kier alpha value is -3.12. The van der Waals surface area contributed by atoms with Crippen molar-refractivity contribution in [2.45, 2.75) is 13.5 Å². The zero-order valence-electron chi connectivity index (χ0n) is 13.9. The lowest BCUT2D eigenvalue weighted by molar-refractivity contribution is -0.114. The summed E-state index contributed by atoms with van der Waals surface area (Å²) in [6.45, 7) is 1.40. The molecule has 3 aromatic rings. The van der Waals surface area contributed by atoms with Crippen LogP contribution in [0.3, 0.4) is 0 Å². The molecule has 0 spiro atoms. The minimum atomic E-state index is -0.490. The molecule has 0 radical (unpaired) electrons. The Balaban J connectivity index is 1.59. The van der Waals surface area contributed by atoms with Crippen LogP contribution in [0.15, 0.2) is 59.1 Å². The first-order chi connectivity index (χ1) is 12.5. The van der Waals surface area contributed by atoms with E-state index >= 15 is 0 Å². The van der Waals surface area contributed by atoms with E-state index < -0.39 is 5.97 Å². The molecule has 0 saturated heterocycles. The fraction of sp³-hybridized carbons (Fsp3) is 0.105. The van der Waals surface area contributed by atoms with Crippen molar-refractivity contribution in [3.63, 3.8) is 0 Å². The van der Waals surface area contributed by atoms with Gasteiger partial charge in [0.2, 0.25) is 5.91 Å². The van der Waals surface area contributed by atoms with Crippen LogP contribution < -0.4 is 5.32 Å². The molecular formula is C19H15ClN2O4. The van der Waals surface area contributed by atoms with Gasteiger partial charge in [0.25, 0.3) is 0 Å². The lowest BCUT2D eigenvalue weighted by Crippen LogP contribution is -2.07. The van der Waals surface area contributed by atoms with E-state index in [9.17, 15) is 9.59 Å². The van der Waals surface area contributed by atoms with E-state index in [1.165, 1.54) is 6.92 Å². The first-order valence-electron chi connectivity index (χ1n) is 7.77. The third-order valence-corrected chi connectivity index (χ3v) is 3.73. The number of halogens is 1. The highest BCUT2D eigenvalue weighted by Crippen LogP contribution is 2.22. The first-order valence-corrected chi connectivity index (χ1v) is 8.15. The van der Waals surface area contributed by atoms with E-state index in [2.05, 4.69) is 10.5 Å². The largest absolute Gasteiger partial charge is 0.455 e. The number of esters is 1. The van der Waals surface area contributed by atoms with Gasteiger partial charge < -0.3 is 14.6 Å². The summed E-state index contributed by atoms with van der Waals surface area (Å²) in [6.07, 6.45) is 0. The van der Waals surface area contributed by atoms with Crippen molar-refractivity contribution in [2.75, 3.05) is 5.32 Å². The number of carbonyl (C=O) groups excluding carboxylic acids is 2. The fourth-order valence-corrected chi connectivity index (χ4v) is 2.37. The van der Waals surface area contributed by atoms with E-state index in [4.69, 9.17) is 20.9 Å². The maximum absolute atomic E-state index is 12.1. The number of anilines is 1. The summed E-state index contributed by atoms with van der Waals surface area (Å²) >= 11 is 5.86. The Kier molecular flexibility index (Phi) is 5.34. The Morgan fingerprint density at radius 3 is 2.46 bits per heavy atom. The summed E-state index contributed by atoms with van der Waals surface area (Å²) in [4.78, 5) is 23.1. The third kappa shape index (κ3) is 4.49. The van der Waals surface area contributed by atoms with Gasteiger partial charge in [-0.05, 0) is 48.5 Å². The molecule has 0 aliphatic carbocycles. The van der Waals surface area contributed by atoms with Gasteiger partial charge in [-0.15, -0.1) is 0 Å². The van der Waals surface area contributed by atoms with E-state index in [1.54, 1.807) is 42.5 Å². The van der Waals surface area contributed by atoms with Crippen LogP contribution in [-0.4, -0.2) is 17.0 Å². The molecule has 1 N–H and O–H groups in total. The number of benzene rings is 2. The van der Waals surface area contributed by atoms with E-state index in [0.717, 1.165) is 5.56 Å². The second-order valence-electron chi connectivity index (χ2n) is 5.52. The predicted molar refractivity (Wildman–Crippen MR) is 96.8 cm³/mol. The average Bonchev–Trinajstić information content (AvgIpc) is 3.09. The Labute approximate surface area is 154 Å². The summed E-state index contributed by atoms with van der Waals surface area (Å²) in [6, 6.07) is 15.3. The number of carbonyl (C=O) groups is 2. The summed E-state index contributed by atoms with van der Waals surface area (Å²) in [5.74, 6) is -0.106. The molecule has 2 aromatic carbocycles. The monoisotopic (exact) mass is 370 g/mol. The van der Waals surface area contributed by atoms with Crippen molar-refractivity contribution in [1.82, 2.24) is 5.16 Å². The lowest BCUT2D eigenvalue weighted by Gasteiger charge is -2.04. The van der Waals surface area contributed by atoms with Gasteiger partial charge >= 0.3 is 5.97 Å². The third-order valence-electron chi connectivity index (χ3n) is 3.48. The molecular weight excluding hydrogens is 356 g/mol. The van der Waals surface area contributed by atoms with E-state index in [0.29, 0.717) is 27.7 Å². The quantitative estimate of drug-likeness (QED) is 0.677. The molecule has 6 nitrogen and oxygen atoms in total. The summed E-state index contributed by atoms with van der Waals surface area (Å²) in [5.41, 5.74) is 2.31. The van der Waals surface area contributed by atoms with Gasteiger partial charge in [0.05, 0.1) is 5.56 Å². The molecule has 132 valence electrons. The molecule has 0 aliphatic heterocycles. The lowest BCUT2D eigenvalue weighted by atomic mass is 10.1. The summed E-state index contributed by atoms with van der Waals surface area (Å²) in [7, 11) is 0. The van der Waals surface area contributed by atoms with Gasteiger partial charge in [0.1, 0.15) is 12.3 Å². The highest BCUT2D eigenvalue weighted by atomic mass is 35.5. The van der Waals surface area contributed by atoms with Gasteiger partial charge in [0.15, 0.2) is 5.76 Å². The first kappa shape index (κ1) is 17.7. The molecule has 1 amide bonds. The van der Waals surface area contributed by atoms with Crippen molar-refractivity contribution in [1.29, 1.82) is 0 Å². The zero-order chi connectivity index (χ0) is 18.5. The second-order valence-corrected chi connectivity index (χ2v) is 5.96. The minimum absolute atomic E-state index is 0.0105. The van der Waals surface area contributed by atoms with Gasteiger partial charge in [-0.3, -0.25) is 4.79 Å². The highest BCUT2D eigenvalue weighted by molar-refractivity contribution is 6.30. The van der Waals surface area contributed by atoms with Crippen LogP contribution in [0.5, 0.6) is 0 Å². The van der Waals surface area contributed by atoms with Crippen molar-refractivity contribution in [2.24, 2.45) is 0 Å². The number of nitrogens with zero attached hydrogens (tertiary/aromatic N) is 1. The molecule has 3 rings (SSSR count). The number of ether oxygens (including phenoxy) is 1. The topological polar surface area (TPSA) is 81.4 Å². The Bertz CT molecular complexity index is 917. The van der Waals surface area contributed by atoms with Crippen LogP contribution in [0.1, 0.15) is 23.0 Å². The van der Waals surface area contributed by atoms with Crippen molar-refractivity contribution < 1.29 is 18.8 Å². The molecule has 7 heteroatoms. The Morgan fingerprint density at radius 1 is 1.12 bits per heavy atom. The van der Waals surface area contributed by atoms with Crippen LogP contribution >= 0.6 is 11.6 Å². The number of hydrogen-bond acceptors (Lipinski definition) is 5. The summed E-state index contributed by atoms with van der Waals surface area (Å²) in [5, 5.41) is 7.15. The van der Waals surface area contributed by atoms with Crippen LogP contribution in [0, 0.1) is 0 Å². The summed E-state index contributed by atoms with van der Waals surface area (Å²) < 4.78 is 10.5. The number of amides is 1. The predicted octanol–water partition coefficient (Wildman–Crippen LogP) is 4.31. The van der Waals surface area contributed by atoms with Crippen LogP contribution in [0.2, 0.25) is 5.02 Å². The van der Waals surface area contributed by atoms with Gasteiger partial charge in [-0.2, -0.15) is 0 Å². The second kappa shape index (κ2) is 7.84. The van der Waals surface area contributed by atoms with Gasteiger partial charge in [-0.25, -0.2) is 4.79 Å². The SMILES string of the molecule is CC(=O)Nc1ccc(C(=O)OCc2cc(-c3ccc(Cl)cc3)on2)cc1. The molecule has 0 atom stereocenters. The van der Waals surface area contributed by atoms with E-state index in [1.807, 2.05) is 12.1 Å². The molecule has 0 saturated carbocycles. The zero-order valence-corrected chi connectivity index (χ0v) is 14.6. The van der Waals surface area contributed by atoms with Gasteiger partial charge in [0, 0.05) is 29.3 Å². The van der Waals surface area contributed by atoms with Crippen LogP contribution in [0.4, 0.5) is 5.69 Å². The normalized spacial score (nSPS) is 10.4. The molecule has 0 bridgehead atoms. The molecule has 0 fully saturated rings. The molecule has 1 aromatic heterocycles. The van der Waals surface area contributed by atoms with Gasteiger partial charge in [-0.1, -0.05) is 16.8 Å². The molecule has 0 aliphatic rings. The fourth-order valence-electron chi connectivity index (χ4n) is 2.25. The Morgan fingerprint density at radius 2 is 1.81 bits per heavy atom. The van der Waals surface area contributed by atoms with Crippen LogP contribution in [-0.2, 0) is 16.1 Å². The highest BCUT2D eigenvalue weighted by Gasteiger charge is 2.11. The molecule has 0 unspecified atom stereocenters. The molecule has 26 heavy (non-hydrogen) atoms. The minimum Gasteiger partial charge on any atom is -0.455 e. The maximum Gasteiger partial charge on any atom is 0.338 e. The number of rotatable bonds is 5. The maximum atomic E-state index is 12.1. The van der Waals surface area contributed by atoms with Crippen molar-refractivity contribution >= 4 is 29.2 Å². The smallest absolute Gasteiger partial charge is 0.338 e. The standard InChI is InChI=1S/C19H15ClN2O4/c1-12(23)21-16-8-4-14(5-9-16)19(24)25-11-17-10-18(26-22-17)13-2-6-15(20)7-3-13/h2-10H,11H2,1H3,(H,21,23). The van der Waals surface area contributed by atoms with Crippen molar-refractivity contribution in [3.8, 4) is 11.3 Å². The van der Waals surface area contributed by atoms with E-state index in [-0.39, 0.29) is 12.5 Å². The molecule has 1 heterocycles. The van der Waals surface area contributed by atoms with Crippen LogP contribution in [0.25, 0.3) is 11.3 Å². The number of hydrogen-bond donors (Lipinski definition) is 1. The van der Waals surface area contributed by atoms with Crippen molar-refractivity contribution in [3.05, 3.63) is 70.9 Å². The number of nitrogens with one attached hydrogen (secondary N) is 1. The number of aromatic nitrogens is 1.